The molecule has 1 aliphatic carbocycles. The van der Waals surface area contributed by atoms with Gasteiger partial charge in [0.15, 0.2) is 0 Å². The van der Waals surface area contributed by atoms with Gasteiger partial charge in [0.05, 0.1) is 0 Å². The fourth-order valence-corrected chi connectivity index (χ4v) is 2.13. The molecule has 0 unspecified atom stereocenters. The molecule has 2 nitrogen and oxygen atoms in total. The van der Waals surface area contributed by atoms with Crippen LogP contribution in [0.5, 0.6) is 0 Å². The van der Waals surface area contributed by atoms with Gasteiger partial charge in [-0.05, 0) is 10.8 Å². The van der Waals surface area contributed by atoms with E-state index in [1.807, 2.05) is 18.2 Å². The van der Waals surface area contributed by atoms with Crippen LogP contribution in [0.15, 0.2) is 54.1 Å². The van der Waals surface area contributed by atoms with E-state index in [0.717, 1.165) is 0 Å². The molecule has 1 aromatic carbocycles. The van der Waals surface area contributed by atoms with Gasteiger partial charge in [0.25, 0.3) is 0 Å². The third-order valence-corrected chi connectivity index (χ3v) is 4.36. The third-order valence-electron chi connectivity index (χ3n) is 4.36. The Kier molecular flexibility index (Phi) is 3.51. The number of ketones is 2. The zero-order valence-electron chi connectivity index (χ0n) is 12.4. The first-order valence-electron chi connectivity index (χ1n) is 6.81. The van der Waals surface area contributed by atoms with Crippen LogP contribution in [0.3, 0.4) is 0 Å². The van der Waals surface area contributed by atoms with Crippen LogP contribution in [0.1, 0.15) is 38.1 Å². The minimum Gasteiger partial charge on any atom is -0.285 e. The molecule has 104 valence electrons. The average molecular weight is 268 g/mol. The Morgan fingerprint density at radius 1 is 0.850 bits per heavy atom. The largest absolute Gasteiger partial charge is 0.285 e. The number of hydrogen-bond donors (Lipinski definition) is 0. The highest BCUT2D eigenvalue weighted by Gasteiger charge is 2.37. The molecule has 0 saturated carbocycles. The topological polar surface area (TPSA) is 34.1 Å². The van der Waals surface area contributed by atoms with Crippen molar-refractivity contribution in [3.63, 3.8) is 0 Å². The standard InChI is InChI=1S/C18H20O2/c1-17(2)11-10-14(12-18(17,3)4)16(20)15(19)13-8-6-5-7-9-13/h5-12H,1-4H3. The van der Waals surface area contributed by atoms with E-state index in [2.05, 4.69) is 27.7 Å². The molecule has 2 rings (SSSR count). The lowest BCUT2D eigenvalue weighted by Crippen LogP contribution is -2.32. The van der Waals surface area contributed by atoms with Gasteiger partial charge < -0.3 is 0 Å². The number of Topliss-reactive ketones (excluding diaryl/α,β-unsaturated/α-hetero) is 2. The molecule has 0 N–H and O–H groups in total. The SMILES string of the molecule is CC1(C)C=CC(C(=O)C(=O)c2ccccc2)=CC1(C)C. The first kappa shape index (κ1) is 14.4. The van der Waals surface area contributed by atoms with Crippen molar-refractivity contribution in [3.05, 3.63) is 59.7 Å². The van der Waals surface area contributed by atoms with Crippen molar-refractivity contribution in [1.29, 1.82) is 0 Å². The van der Waals surface area contributed by atoms with Gasteiger partial charge in [-0.1, -0.05) is 76.3 Å². The van der Waals surface area contributed by atoms with Crippen molar-refractivity contribution in [2.75, 3.05) is 0 Å². The van der Waals surface area contributed by atoms with Crippen LogP contribution in [-0.2, 0) is 4.79 Å². The maximum atomic E-state index is 12.3. The Morgan fingerprint density at radius 3 is 2.00 bits per heavy atom. The van der Waals surface area contributed by atoms with E-state index in [1.54, 1.807) is 30.3 Å². The lowest BCUT2D eigenvalue weighted by Gasteiger charge is -2.40. The molecule has 1 aliphatic rings. The summed E-state index contributed by atoms with van der Waals surface area (Å²) in [5.74, 6) is -0.881. The second-order valence-electron chi connectivity index (χ2n) is 6.40. The molecular weight excluding hydrogens is 248 g/mol. The number of benzene rings is 1. The van der Waals surface area contributed by atoms with Crippen LogP contribution >= 0.6 is 0 Å². The van der Waals surface area contributed by atoms with Gasteiger partial charge in [-0.15, -0.1) is 0 Å². The molecular formula is C18H20O2. The summed E-state index contributed by atoms with van der Waals surface area (Å²) in [6.45, 7) is 8.41. The van der Waals surface area contributed by atoms with Gasteiger partial charge in [-0.3, -0.25) is 9.59 Å². The van der Waals surface area contributed by atoms with Crippen molar-refractivity contribution in [1.82, 2.24) is 0 Å². The van der Waals surface area contributed by atoms with Crippen LogP contribution in [0.25, 0.3) is 0 Å². The smallest absolute Gasteiger partial charge is 0.233 e. The summed E-state index contributed by atoms with van der Waals surface area (Å²) in [5, 5.41) is 0. The molecule has 1 aromatic rings. The summed E-state index contributed by atoms with van der Waals surface area (Å²) >= 11 is 0. The van der Waals surface area contributed by atoms with E-state index in [1.165, 1.54) is 0 Å². The number of carbonyl (C=O) groups is 2. The maximum Gasteiger partial charge on any atom is 0.233 e. The first-order valence-corrected chi connectivity index (χ1v) is 6.81. The molecule has 0 aromatic heterocycles. The molecule has 0 heterocycles. The molecule has 0 fully saturated rings. The molecule has 0 atom stereocenters. The predicted molar refractivity (Wildman–Crippen MR) is 80.6 cm³/mol. The highest BCUT2D eigenvalue weighted by atomic mass is 16.2. The zero-order valence-corrected chi connectivity index (χ0v) is 12.4. The fraction of sp³-hybridized carbons (Fsp3) is 0.333. The quantitative estimate of drug-likeness (QED) is 0.613. The van der Waals surface area contributed by atoms with Crippen LogP contribution in [0, 0.1) is 10.8 Å². The van der Waals surface area contributed by atoms with E-state index < -0.39 is 11.6 Å². The minimum absolute atomic E-state index is 0.0351. The Labute approximate surface area is 120 Å². The summed E-state index contributed by atoms with van der Waals surface area (Å²) in [4.78, 5) is 24.5. The lowest BCUT2D eigenvalue weighted by molar-refractivity contribution is -0.111. The van der Waals surface area contributed by atoms with E-state index in [9.17, 15) is 9.59 Å². The van der Waals surface area contributed by atoms with Gasteiger partial charge in [-0.25, -0.2) is 0 Å². The normalized spacial score (nSPS) is 19.3. The lowest BCUT2D eigenvalue weighted by atomic mass is 9.64. The van der Waals surface area contributed by atoms with Crippen LogP contribution < -0.4 is 0 Å². The number of allylic oxidation sites excluding steroid dienone is 4. The summed E-state index contributed by atoms with van der Waals surface area (Å²) in [5.41, 5.74) is 0.730. The van der Waals surface area contributed by atoms with E-state index >= 15 is 0 Å². The summed E-state index contributed by atoms with van der Waals surface area (Å²) < 4.78 is 0. The highest BCUT2D eigenvalue weighted by molar-refractivity contribution is 6.49. The Balaban J connectivity index is 2.30. The molecule has 2 heteroatoms. The van der Waals surface area contributed by atoms with Gasteiger partial charge in [0, 0.05) is 11.1 Å². The average Bonchev–Trinajstić information content (AvgIpc) is 2.41. The van der Waals surface area contributed by atoms with Gasteiger partial charge >= 0.3 is 0 Å². The Bertz CT molecular complexity index is 602. The molecule has 0 amide bonds. The van der Waals surface area contributed by atoms with Crippen LogP contribution in [-0.4, -0.2) is 11.6 Å². The van der Waals surface area contributed by atoms with Crippen molar-refractivity contribution < 1.29 is 9.59 Å². The second-order valence-corrected chi connectivity index (χ2v) is 6.40. The van der Waals surface area contributed by atoms with Gasteiger partial charge in [0.1, 0.15) is 0 Å². The highest BCUT2D eigenvalue weighted by Crippen LogP contribution is 2.44. The molecule has 0 bridgehead atoms. The number of rotatable bonds is 3. The van der Waals surface area contributed by atoms with Gasteiger partial charge in [0.2, 0.25) is 11.6 Å². The summed E-state index contributed by atoms with van der Waals surface area (Å²) in [7, 11) is 0. The second kappa shape index (κ2) is 4.86. The molecule has 0 spiro atoms. The van der Waals surface area contributed by atoms with E-state index in [4.69, 9.17) is 0 Å². The van der Waals surface area contributed by atoms with Crippen molar-refractivity contribution in [2.24, 2.45) is 10.8 Å². The summed E-state index contributed by atoms with van der Waals surface area (Å²) in [6.07, 6.45) is 5.70. The van der Waals surface area contributed by atoms with Crippen LogP contribution in [0.4, 0.5) is 0 Å². The minimum atomic E-state index is -0.447. The molecule has 0 radical (unpaired) electrons. The zero-order chi connectivity index (χ0) is 15.0. The fourth-order valence-electron chi connectivity index (χ4n) is 2.13. The first-order chi connectivity index (χ1) is 9.24. The van der Waals surface area contributed by atoms with E-state index in [-0.39, 0.29) is 10.8 Å². The molecule has 0 aliphatic heterocycles. The number of carbonyl (C=O) groups excluding carboxylic acids is 2. The maximum absolute atomic E-state index is 12.3. The molecule has 0 saturated heterocycles. The van der Waals surface area contributed by atoms with Crippen molar-refractivity contribution >= 4 is 11.6 Å². The predicted octanol–water partition coefficient (Wildman–Crippen LogP) is 3.99. The monoisotopic (exact) mass is 268 g/mol. The van der Waals surface area contributed by atoms with E-state index in [0.29, 0.717) is 11.1 Å². The van der Waals surface area contributed by atoms with Crippen molar-refractivity contribution in [2.45, 2.75) is 27.7 Å². The number of hydrogen-bond acceptors (Lipinski definition) is 2. The third kappa shape index (κ3) is 2.51. The summed E-state index contributed by atoms with van der Waals surface area (Å²) in [6, 6.07) is 8.69. The van der Waals surface area contributed by atoms with Gasteiger partial charge in [-0.2, -0.15) is 0 Å². The Morgan fingerprint density at radius 2 is 1.45 bits per heavy atom. The Hall–Kier alpha value is -1.96. The van der Waals surface area contributed by atoms with Crippen molar-refractivity contribution in [3.8, 4) is 0 Å². The molecule has 20 heavy (non-hydrogen) atoms. The van der Waals surface area contributed by atoms with Crippen LogP contribution in [0.2, 0.25) is 0 Å².